The van der Waals surface area contributed by atoms with Crippen molar-refractivity contribution in [3.05, 3.63) is 36.3 Å². The molecule has 0 radical (unpaired) electrons. The largest absolute Gasteiger partial charge is 0.338 e. The highest BCUT2D eigenvalue weighted by Crippen LogP contribution is 2.27. The summed E-state index contributed by atoms with van der Waals surface area (Å²) in [4.78, 5) is 14.2. The number of nitrogens with zero attached hydrogens (tertiary/aromatic N) is 2. The summed E-state index contributed by atoms with van der Waals surface area (Å²) in [5.74, 6) is -0.100. The fraction of sp³-hybridized carbons (Fsp3) is 0.400. The Kier molecular flexibility index (Phi) is 3.01. The first kappa shape index (κ1) is 12.2. The lowest BCUT2D eigenvalue weighted by atomic mass is 10.2. The number of carbonyl (C=O) groups excluding carboxylic acids is 1. The van der Waals surface area contributed by atoms with Crippen molar-refractivity contribution in [1.82, 2.24) is 9.47 Å². The Balaban J connectivity index is 1.82. The van der Waals surface area contributed by atoms with Crippen molar-refractivity contribution in [2.24, 2.45) is 0 Å². The van der Waals surface area contributed by atoms with Gasteiger partial charge in [0.1, 0.15) is 12.4 Å². The third-order valence-electron chi connectivity index (χ3n) is 3.69. The number of amides is 1. The normalized spacial score (nSPS) is 14.8. The van der Waals surface area contributed by atoms with Crippen LogP contribution in [0.5, 0.6) is 0 Å². The highest BCUT2D eigenvalue weighted by molar-refractivity contribution is 5.83. The van der Waals surface area contributed by atoms with E-state index in [2.05, 4.69) is 0 Å². The molecule has 1 saturated carbocycles. The smallest absolute Gasteiger partial charge is 0.242 e. The van der Waals surface area contributed by atoms with Crippen molar-refractivity contribution < 1.29 is 9.18 Å². The molecule has 4 heteroatoms. The third kappa shape index (κ3) is 2.35. The predicted molar refractivity (Wildman–Crippen MR) is 72.3 cm³/mol. The molecule has 1 amide bonds. The van der Waals surface area contributed by atoms with Gasteiger partial charge in [0.25, 0.3) is 0 Å². The molecule has 1 aliphatic carbocycles. The fourth-order valence-corrected chi connectivity index (χ4v) is 2.57. The van der Waals surface area contributed by atoms with E-state index in [1.165, 1.54) is 12.1 Å². The Morgan fingerprint density at radius 1 is 1.42 bits per heavy atom. The summed E-state index contributed by atoms with van der Waals surface area (Å²) in [6.07, 6.45) is 4.09. The molecule has 2 aromatic rings. The fourth-order valence-electron chi connectivity index (χ4n) is 2.57. The van der Waals surface area contributed by atoms with Crippen molar-refractivity contribution in [3.8, 4) is 0 Å². The van der Waals surface area contributed by atoms with Gasteiger partial charge in [0.15, 0.2) is 0 Å². The molecular formula is C15H17FN2O. The molecule has 0 atom stereocenters. The maximum absolute atomic E-state index is 13.1. The maximum Gasteiger partial charge on any atom is 0.242 e. The molecule has 0 spiro atoms. The van der Waals surface area contributed by atoms with E-state index in [4.69, 9.17) is 0 Å². The summed E-state index contributed by atoms with van der Waals surface area (Å²) in [6, 6.07) is 6.94. The first-order chi connectivity index (χ1) is 9.19. The molecule has 0 N–H and O–H groups in total. The minimum atomic E-state index is -0.246. The molecule has 0 aliphatic heterocycles. The average Bonchev–Trinajstić information content (AvgIpc) is 3.14. The van der Waals surface area contributed by atoms with Crippen LogP contribution >= 0.6 is 0 Å². The zero-order valence-corrected chi connectivity index (χ0v) is 11.0. The van der Waals surface area contributed by atoms with Crippen LogP contribution in [0.3, 0.4) is 0 Å². The van der Waals surface area contributed by atoms with E-state index in [1.807, 2.05) is 28.7 Å². The quantitative estimate of drug-likeness (QED) is 0.829. The van der Waals surface area contributed by atoms with E-state index in [1.54, 1.807) is 6.07 Å². The Labute approximate surface area is 111 Å². The number of fused-ring (bicyclic) bond motifs is 1. The first-order valence-corrected chi connectivity index (χ1v) is 6.73. The van der Waals surface area contributed by atoms with Crippen molar-refractivity contribution in [2.75, 3.05) is 6.54 Å². The molecule has 1 aromatic carbocycles. The second-order valence-electron chi connectivity index (χ2n) is 5.06. The van der Waals surface area contributed by atoms with Crippen LogP contribution in [0.2, 0.25) is 0 Å². The Bertz CT molecular complexity index is 616. The lowest BCUT2D eigenvalue weighted by molar-refractivity contribution is -0.132. The Hall–Kier alpha value is -1.84. The molecule has 0 saturated heterocycles. The van der Waals surface area contributed by atoms with Gasteiger partial charge in [0, 0.05) is 29.7 Å². The number of likely N-dealkylation sites (N-methyl/N-ethyl adjacent to an activating group) is 1. The van der Waals surface area contributed by atoms with E-state index in [0.29, 0.717) is 12.6 Å². The zero-order valence-electron chi connectivity index (χ0n) is 11.0. The lowest BCUT2D eigenvalue weighted by Gasteiger charge is -2.20. The standard InChI is InChI=1S/C15H17FN2O/c1-2-18(13-4-5-13)15(19)10-17-8-7-11-9-12(16)3-6-14(11)17/h3,6-9,13H,2,4-5,10H2,1H3. The molecule has 1 aromatic heterocycles. The second kappa shape index (κ2) is 4.68. The van der Waals surface area contributed by atoms with Crippen LogP contribution in [0, 0.1) is 5.82 Å². The van der Waals surface area contributed by atoms with Gasteiger partial charge in [-0.05, 0) is 44.0 Å². The molecule has 1 aliphatic rings. The van der Waals surface area contributed by atoms with Gasteiger partial charge in [-0.15, -0.1) is 0 Å². The number of rotatable bonds is 4. The van der Waals surface area contributed by atoms with E-state index in [9.17, 15) is 9.18 Å². The highest BCUT2D eigenvalue weighted by Gasteiger charge is 2.31. The van der Waals surface area contributed by atoms with Crippen molar-refractivity contribution >= 4 is 16.8 Å². The van der Waals surface area contributed by atoms with Crippen molar-refractivity contribution in [3.63, 3.8) is 0 Å². The van der Waals surface area contributed by atoms with Gasteiger partial charge in [-0.2, -0.15) is 0 Å². The third-order valence-corrected chi connectivity index (χ3v) is 3.69. The zero-order chi connectivity index (χ0) is 13.4. The molecule has 3 rings (SSSR count). The molecule has 1 heterocycles. The highest BCUT2D eigenvalue weighted by atomic mass is 19.1. The van der Waals surface area contributed by atoms with E-state index in [-0.39, 0.29) is 11.7 Å². The van der Waals surface area contributed by atoms with Gasteiger partial charge in [-0.25, -0.2) is 4.39 Å². The number of carbonyl (C=O) groups is 1. The SMILES string of the molecule is CCN(C(=O)Cn1ccc2cc(F)ccc21)C1CC1. The van der Waals surface area contributed by atoms with Crippen LogP contribution in [0.25, 0.3) is 10.9 Å². The molecule has 0 bridgehead atoms. The summed E-state index contributed by atoms with van der Waals surface area (Å²) in [5.41, 5.74) is 0.904. The van der Waals surface area contributed by atoms with Gasteiger partial charge >= 0.3 is 0 Å². The van der Waals surface area contributed by atoms with Crippen molar-refractivity contribution in [2.45, 2.75) is 32.4 Å². The molecule has 19 heavy (non-hydrogen) atoms. The minimum Gasteiger partial charge on any atom is -0.338 e. The van der Waals surface area contributed by atoms with Crippen LogP contribution in [0.1, 0.15) is 19.8 Å². The molecule has 100 valence electrons. The van der Waals surface area contributed by atoms with Crippen molar-refractivity contribution in [1.29, 1.82) is 0 Å². The second-order valence-corrected chi connectivity index (χ2v) is 5.06. The molecule has 1 fully saturated rings. The molecule has 3 nitrogen and oxygen atoms in total. The van der Waals surface area contributed by atoms with Crippen LogP contribution in [0.4, 0.5) is 4.39 Å². The monoisotopic (exact) mass is 260 g/mol. The Morgan fingerprint density at radius 3 is 2.89 bits per heavy atom. The van der Waals surface area contributed by atoms with Gasteiger partial charge in [0.05, 0.1) is 0 Å². The number of halogens is 1. The summed E-state index contributed by atoms with van der Waals surface area (Å²) in [7, 11) is 0. The molecular weight excluding hydrogens is 243 g/mol. The van der Waals surface area contributed by atoms with E-state index >= 15 is 0 Å². The van der Waals surface area contributed by atoms with Crippen LogP contribution in [-0.2, 0) is 11.3 Å². The van der Waals surface area contributed by atoms with Gasteiger partial charge in [-0.3, -0.25) is 4.79 Å². The van der Waals surface area contributed by atoms with Gasteiger partial charge in [0.2, 0.25) is 5.91 Å². The summed E-state index contributed by atoms with van der Waals surface area (Å²) in [6.45, 7) is 3.11. The summed E-state index contributed by atoms with van der Waals surface area (Å²) >= 11 is 0. The van der Waals surface area contributed by atoms with Crippen LogP contribution in [-0.4, -0.2) is 28.0 Å². The van der Waals surface area contributed by atoms with Gasteiger partial charge in [-0.1, -0.05) is 0 Å². The summed E-state index contributed by atoms with van der Waals surface area (Å²) in [5, 5.41) is 0.835. The minimum absolute atomic E-state index is 0.145. The number of aromatic nitrogens is 1. The maximum atomic E-state index is 13.1. The number of hydrogen-bond acceptors (Lipinski definition) is 1. The predicted octanol–water partition coefficient (Wildman–Crippen LogP) is 2.79. The van der Waals surface area contributed by atoms with Crippen LogP contribution in [0.15, 0.2) is 30.5 Å². The topological polar surface area (TPSA) is 25.2 Å². The average molecular weight is 260 g/mol. The number of hydrogen-bond donors (Lipinski definition) is 0. The van der Waals surface area contributed by atoms with E-state index < -0.39 is 0 Å². The molecule has 0 unspecified atom stereocenters. The van der Waals surface area contributed by atoms with Gasteiger partial charge < -0.3 is 9.47 Å². The lowest BCUT2D eigenvalue weighted by Crippen LogP contribution is -2.35. The number of benzene rings is 1. The van der Waals surface area contributed by atoms with Crippen LogP contribution < -0.4 is 0 Å². The Morgan fingerprint density at radius 2 is 2.21 bits per heavy atom. The van der Waals surface area contributed by atoms with E-state index in [0.717, 1.165) is 30.3 Å². The first-order valence-electron chi connectivity index (χ1n) is 6.73. The summed E-state index contributed by atoms with van der Waals surface area (Å²) < 4.78 is 15.0.